The minimum Gasteiger partial charge on any atom is -0.352 e. The van der Waals surface area contributed by atoms with Crippen molar-refractivity contribution in [2.24, 2.45) is 0 Å². The van der Waals surface area contributed by atoms with Crippen molar-refractivity contribution in [3.63, 3.8) is 0 Å². The summed E-state index contributed by atoms with van der Waals surface area (Å²) in [6.07, 6.45) is 6.08. The van der Waals surface area contributed by atoms with Gasteiger partial charge in [-0.3, -0.25) is 14.6 Å². The van der Waals surface area contributed by atoms with Crippen LogP contribution < -0.4 is 10.6 Å². The Bertz CT molecular complexity index is 777. The molecule has 2 aromatic rings. The average Bonchev–Trinajstić information content (AvgIpc) is 2.61. The van der Waals surface area contributed by atoms with E-state index in [9.17, 15) is 9.59 Å². The number of hydrogen-bond donors (Lipinski definition) is 2. The summed E-state index contributed by atoms with van der Waals surface area (Å²) in [6.45, 7) is 8.70. The van der Waals surface area contributed by atoms with Crippen LogP contribution in [0.5, 0.6) is 0 Å². The number of hydrogen-bond acceptors (Lipinski definition) is 3. The van der Waals surface area contributed by atoms with E-state index in [1.54, 1.807) is 6.07 Å². The number of nitrogens with one attached hydrogen (secondary N) is 2. The standard InChI is InChI=1S/C21H27N3O2/c1-5-6-7-8-23-20(25)17-11-18(13-22-12-17)21(26)24-19-15(3)9-14(2)10-16(19)4/h9-13H,5-8H2,1-4H3,(H,23,25)(H,24,26). The van der Waals surface area contributed by atoms with Crippen molar-refractivity contribution in [3.05, 3.63) is 58.4 Å². The first-order valence-electron chi connectivity index (χ1n) is 9.04. The van der Waals surface area contributed by atoms with Crippen LogP contribution in [-0.4, -0.2) is 23.3 Å². The van der Waals surface area contributed by atoms with E-state index < -0.39 is 0 Å². The van der Waals surface area contributed by atoms with Crippen molar-refractivity contribution in [2.75, 3.05) is 11.9 Å². The van der Waals surface area contributed by atoms with Gasteiger partial charge in [-0.15, -0.1) is 0 Å². The van der Waals surface area contributed by atoms with Crippen LogP contribution in [0.1, 0.15) is 63.6 Å². The fraction of sp³-hybridized carbons (Fsp3) is 0.381. The zero-order valence-electron chi connectivity index (χ0n) is 16.0. The molecule has 0 unspecified atom stereocenters. The van der Waals surface area contributed by atoms with E-state index in [0.717, 1.165) is 41.6 Å². The van der Waals surface area contributed by atoms with Crippen LogP contribution in [0.15, 0.2) is 30.6 Å². The predicted molar refractivity (Wildman–Crippen MR) is 105 cm³/mol. The Morgan fingerprint density at radius 2 is 1.54 bits per heavy atom. The Morgan fingerprint density at radius 3 is 2.15 bits per heavy atom. The van der Waals surface area contributed by atoms with Gasteiger partial charge in [0.15, 0.2) is 0 Å². The predicted octanol–water partition coefficient (Wildman–Crippen LogP) is 4.18. The molecule has 1 aromatic carbocycles. The molecule has 0 spiro atoms. The average molecular weight is 353 g/mol. The molecule has 0 bridgehead atoms. The van der Waals surface area contributed by atoms with Crippen LogP contribution >= 0.6 is 0 Å². The molecule has 5 nitrogen and oxygen atoms in total. The summed E-state index contributed by atoms with van der Waals surface area (Å²) in [4.78, 5) is 28.8. The highest BCUT2D eigenvalue weighted by atomic mass is 16.2. The molecule has 0 fully saturated rings. The number of nitrogens with zero attached hydrogens (tertiary/aromatic N) is 1. The fourth-order valence-corrected chi connectivity index (χ4v) is 2.93. The summed E-state index contributed by atoms with van der Waals surface area (Å²) in [5.74, 6) is -0.473. The second-order valence-electron chi connectivity index (χ2n) is 6.65. The van der Waals surface area contributed by atoms with Crippen LogP contribution in [0.3, 0.4) is 0 Å². The van der Waals surface area contributed by atoms with Crippen molar-refractivity contribution in [1.29, 1.82) is 0 Å². The van der Waals surface area contributed by atoms with Gasteiger partial charge in [0.05, 0.1) is 11.1 Å². The molecular formula is C21H27N3O2. The molecule has 5 heteroatoms. The fourth-order valence-electron chi connectivity index (χ4n) is 2.93. The molecule has 2 N–H and O–H groups in total. The topological polar surface area (TPSA) is 71.1 Å². The number of carbonyl (C=O) groups excluding carboxylic acids is 2. The van der Waals surface area contributed by atoms with Gasteiger partial charge in [-0.25, -0.2) is 0 Å². The molecule has 0 aliphatic heterocycles. The largest absolute Gasteiger partial charge is 0.352 e. The normalized spacial score (nSPS) is 10.5. The maximum atomic E-state index is 12.6. The lowest BCUT2D eigenvalue weighted by atomic mass is 10.0. The third kappa shape index (κ3) is 5.15. The van der Waals surface area contributed by atoms with Crippen LogP contribution in [-0.2, 0) is 0 Å². The third-order valence-electron chi connectivity index (χ3n) is 4.24. The number of rotatable bonds is 7. The van der Waals surface area contributed by atoms with E-state index >= 15 is 0 Å². The number of pyridine rings is 1. The number of amides is 2. The van der Waals surface area contributed by atoms with Crippen LogP contribution in [0.2, 0.25) is 0 Å². The summed E-state index contributed by atoms with van der Waals surface area (Å²) in [6, 6.07) is 5.64. The summed E-state index contributed by atoms with van der Waals surface area (Å²) < 4.78 is 0. The number of aromatic nitrogens is 1. The zero-order chi connectivity index (χ0) is 19.1. The van der Waals surface area contributed by atoms with Crippen molar-refractivity contribution >= 4 is 17.5 Å². The minimum atomic E-state index is -0.270. The molecule has 2 amide bonds. The lowest BCUT2D eigenvalue weighted by molar-refractivity contribution is 0.0952. The van der Waals surface area contributed by atoms with Gasteiger partial charge in [-0.1, -0.05) is 37.5 Å². The molecule has 26 heavy (non-hydrogen) atoms. The quantitative estimate of drug-likeness (QED) is 0.734. The highest BCUT2D eigenvalue weighted by Crippen LogP contribution is 2.22. The van der Waals surface area contributed by atoms with Gasteiger partial charge in [-0.2, -0.15) is 0 Å². The van der Waals surface area contributed by atoms with Gasteiger partial charge in [0.1, 0.15) is 0 Å². The maximum Gasteiger partial charge on any atom is 0.257 e. The molecule has 0 aliphatic rings. The maximum absolute atomic E-state index is 12.6. The second-order valence-corrected chi connectivity index (χ2v) is 6.65. The summed E-state index contributed by atoms with van der Waals surface area (Å²) >= 11 is 0. The van der Waals surface area contributed by atoms with E-state index in [0.29, 0.717) is 17.7 Å². The van der Waals surface area contributed by atoms with E-state index in [1.807, 2.05) is 32.9 Å². The Morgan fingerprint density at radius 1 is 0.923 bits per heavy atom. The number of carbonyl (C=O) groups is 2. The molecule has 0 saturated carbocycles. The minimum absolute atomic E-state index is 0.203. The van der Waals surface area contributed by atoms with E-state index in [2.05, 4.69) is 22.5 Å². The molecule has 0 atom stereocenters. The number of benzene rings is 1. The highest BCUT2D eigenvalue weighted by molar-refractivity contribution is 6.06. The van der Waals surface area contributed by atoms with Crippen LogP contribution in [0.25, 0.3) is 0 Å². The van der Waals surface area contributed by atoms with Crippen molar-refractivity contribution in [2.45, 2.75) is 47.0 Å². The molecule has 1 aromatic heterocycles. The van der Waals surface area contributed by atoms with Gasteiger partial charge in [0.2, 0.25) is 0 Å². The zero-order valence-corrected chi connectivity index (χ0v) is 16.0. The Kier molecular flexibility index (Phi) is 6.89. The number of aryl methyl sites for hydroxylation is 3. The van der Waals surface area contributed by atoms with Gasteiger partial charge in [0, 0.05) is 24.6 Å². The first kappa shape index (κ1) is 19.6. The number of anilines is 1. The highest BCUT2D eigenvalue weighted by Gasteiger charge is 2.13. The van der Waals surface area contributed by atoms with E-state index in [4.69, 9.17) is 0 Å². The lowest BCUT2D eigenvalue weighted by Crippen LogP contribution is -2.25. The van der Waals surface area contributed by atoms with Crippen LogP contribution in [0, 0.1) is 20.8 Å². The van der Waals surface area contributed by atoms with Gasteiger partial charge in [-0.05, 0) is 44.4 Å². The van der Waals surface area contributed by atoms with E-state index in [-0.39, 0.29) is 11.8 Å². The Hall–Kier alpha value is -2.69. The molecule has 0 aliphatic carbocycles. The smallest absolute Gasteiger partial charge is 0.257 e. The SMILES string of the molecule is CCCCCNC(=O)c1cncc(C(=O)Nc2c(C)cc(C)cc2C)c1. The summed E-state index contributed by atoms with van der Waals surface area (Å²) in [5.41, 5.74) is 4.73. The monoisotopic (exact) mass is 353 g/mol. The van der Waals surface area contributed by atoms with Gasteiger partial charge in [0.25, 0.3) is 11.8 Å². The van der Waals surface area contributed by atoms with Gasteiger partial charge >= 0.3 is 0 Å². The summed E-state index contributed by atoms with van der Waals surface area (Å²) in [7, 11) is 0. The molecule has 0 radical (unpaired) electrons. The number of unbranched alkanes of at least 4 members (excludes halogenated alkanes) is 2. The first-order valence-corrected chi connectivity index (χ1v) is 9.04. The Balaban J connectivity index is 2.10. The molecule has 138 valence electrons. The first-order chi connectivity index (χ1) is 12.4. The van der Waals surface area contributed by atoms with Crippen molar-refractivity contribution in [1.82, 2.24) is 10.3 Å². The molecule has 2 rings (SSSR count). The van der Waals surface area contributed by atoms with Crippen molar-refractivity contribution < 1.29 is 9.59 Å². The summed E-state index contributed by atoms with van der Waals surface area (Å²) in [5, 5.41) is 5.80. The van der Waals surface area contributed by atoms with E-state index in [1.165, 1.54) is 12.4 Å². The van der Waals surface area contributed by atoms with Crippen LogP contribution in [0.4, 0.5) is 5.69 Å². The lowest BCUT2D eigenvalue weighted by Gasteiger charge is -2.13. The van der Waals surface area contributed by atoms with Gasteiger partial charge < -0.3 is 10.6 Å². The molecular weight excluding hydrogens is 326 g/mol. The molecule has 1 heterocycles. The Labute approximate surface area is 155 Å². The molecule has 0 saturated heterocycles. The van der Waals surface area contributed by atoms with Crippen molar-refractivity contribution in [3.8, 4) is 0 Å². The second kappa shape index (κ2) is 9.13. The third-order valence-corrected chi connectivity index (χ3v) is 4.24.